The van der Waals surface area contributed by atoms with E-state index in [9.17, 15) is 10.1 Å². The minimum Gasteiger partial charge on any atom is -0.317 e. The van der Waals surface area contributed by atoms with Gasteiger partial charge in [0.2, 0.25) is 0 Å². The van der Waals surface area contributed by atoms with Gasteiger partial charge < -0.3 is 10.2 Å². The Kier molecular flexibility index (Phi) is 4.18. The van der Waals surface area contributed by atoms with Crippen molar-refractivity contribution in [3.05, 3.63) is 71.4 Å². The molecule has 1 amide bonds. The van der Waals surface area contributed by atoms with Crippen LogP contribution in [0.3, 0.4) is 0 Å². The number of H-pyrrole nitrogens is 1. The molecule has 0 unspecified atom stereocenters. The number of fused-ring (bicyclic) bond motifs is 2. The van der Waals surface area contributed by atoms with Gasteiger partial charge in [0.05, 0.1) is 29.1 Å². The lowest BCUT2D eigenvalue weighted by Crippen LogP contribution is -2.44. The quantitative estimate of drug-likeness (QED) is 0.712. The molecule has 1 aromatic heterocycles. The third-order valence-corrected chi connectivity index (χ3v) is 6.18. The van der Waals surface area contributed by atoms with Crippen LogP contribution in [0.25, 0.3) is 11.3 Å². The summed E-state index contributed by atoms with van der Waals surface area (Å²) in [5, 5.41) is 19.7. The Bertz CT molecular complexity index is 1120. The van der Waals surface area contributed by atoms with Crippen molar-refractivity contribution in [3.63, 3.8) is 0 Å². The molecule has 1 fully saturated rings. The lowest BCUT2D eigenvalue weighted by Gasteiger charge is -2.34. The summed E-state index contributed by atoms with van der Waals surface area (Å²) in [5.41, 5.74) is 4.80. The molecule has 29 heavy (non-hydrogen) atoms. The lowest BCUT2D eigenvalue weighted by atomic mass is 9.75. The highest BCUT2D eigenvalue weighted by Crippen LogP contribution is 2.46. The van der Waals surface area contributed by atoms with E-state index in [1.54, 1.807) is 18.3 Å². The summed E-state index contributed by atoms with van der Waals surface area (Å²) in [7, 11) is 0. The van der Waals surface area contributed by atoms with Crippen LogP contribution >= 0.6 is 0 Å². The second kappa shape index (κ2) is 6.87. The van der Waals surface area contributed by atoms with Crippen LogP contribution < -0.4 is 10.2 Å². The average Bonchev–Trinajstić information content (AvgIpc) is 3.38. The number of hydrogen-bond acceptors (Lipinski definition) is 4. The van der Waals surface area contributed by atoms with Crippen molar-refractivity contribution in [1.29, 1.82) is 5.26 Å². The van der Waals surface area contributed by atoms with Gasteiger partial charge in [-0.25, -0.2) is 0 Å². The minimum atomic E-state index is -0.0565. The van der Waals surface area contributed by atoms with E-state index in [0.717, 1.165) is 37.2 Å². The number of anilines is 1. The lowest BCUT2D eigenvalue weighted by molar-refractivity contribution is 0.0983. The third-order valence-electron chi connectivity index (χ3n) is 6.18. The van der Waals surface area contributed by atoms with Crippen LogP contribution in [0.4, 0.5) is 5.69 Å². The molecule has 3 aromatic rings. The van der Waals surface area contributed by atoms with Crippen LogP contribution in [0.1, 0.15) is 34.3 Å². The van der Waals surface area contributed by atoms with Crippen LogP contribution in [0.5, 0.6) is 0 Å². The van der Waals surface area contributed by atoms with Crippen molar-refractivity contribution in [2.24, 2.45) is 0 Å². The van der Waals surface area contributed by atoms with E-state index in [2.05, 4.69) is 33.7 Å². The highest BCUT2D eigenvalue weighted by molar-refractivity contribution is 6.11. The van der Waals surface area contributed by atoms with Crippen LogP contribution in [0.2, 0.25) is 0 Å². The van der Waals surface area contributed by atoms with E-state index in [1.165, 1.54) is 5.56 Å². The molecule has 2 aromatic carbocycles. The van der Waals surface area contributed by atoms with E-state index in [-0.39, 0.29) is 11.3 Å². The predicted octanol–water partition coefficient (Wildman–Crippen LogP) is 3.23. The molecular weight excluding hydrogens is 362 g/mol. The highest BCUT2D eigenvalue weighted by atomic mass is 16.2. The van der Waals surface area contributed by atoms with Crippen LogP contribution in [-0.2, 0) is 5.41 Å². The fourth-order valence-electron chi connectivity index (χ4n) is 4.70. The van der Waals surface area contributed by atoms with Crippen molar-refractivity contribution < 1.29 is 4.79 Å². The molecule has 0 saturated carbocycles. The topological polar surface area (TPSA) is 84.8 Å². The maximum Gasteiger partial charge on any atom is 0.262 e. The van der Waals surface area contributed by atoms with Crippen LogP contribution in [0.15, 0.2) is 54.7 Å². The monoisotopic (exact) mass is 383 g/mol. The highest BCUT2D eigenvalue weighted by Gasteiger charge is 2.45. The number of carbonyl (C=O) groups is 1. The number of nitriles is 1. The zero-order chi connectivity index (χ0) is 19.8. The van der Waals surface area contributed by atoms with Crippen molar-refractivity contribution in [2.45, 2.75) is 18.3 Å². The molecular formula is C23H21N5O. The summed E-state index contributed by atoms with van der Waals surface area (Å²) >= 11 is 0. The van der Waals surface area contributed by atoms with Crippen LogP contribution in [-0.4, -0.2) is 35.7 Å². The zero-order valence-electron chi connectivity index (χ0n) is 16.0. The number of hydrogen-bond donors (Lipinski definition) is 2. The van der Waals surface area contributed by atoms with E-state index in [0.29, 0.717) is 23.4 Å². The third kappa shape index (κ3) is 2.82. The first-order chi connectivity index (χ1) is 14.2. The predicted molar refractivity (Wildman–Crippen MR) is 111 cm³/mol. The van der Waals surface area contributed by atoms with Crippen molar-refractivity contribution in [1.82, 2.24) is 15.5 Å². The molecule has 6 nitrogen and oxygen atoms in total. The van der Waals surface area contributed by atoms with E-state index < -0.39 is 0 Å². The first-order valence-corrected chi connectivity index (χ1v) is 9.88. The fourth-order valence-corrected chi connectivity index (χ4v) is 4.70. The first-order valence-electron chi connectivity index (χ1n) is 9.88. The number of para-hydroxylation sites is 1. The maximum atomic E-state index is 13.6. The minimum absolute atomic E-state index is 0.0160. The Morgan fingerprint density at radius 3 is 2.79 bits per heavy atom. The van der Waals surface area contributed by atoms with Gasteiger partial charge in [-0.1, -0.05) is 30.3 Å². The zero-order valence-corrected chi connectivity index (χ0v) is 16.0. The Hall–Kier alpha value is -3.43. The van der Waals surface area contributed by atoms with Gasteiger partial charge in [0.25, 0.3) is 5.91 Å². The molecule has 1 saturated heterocycles. The van der Waals surface area contributed by atoms with Gasteiger partial charge in [-0.05, 0) is 49.7 Å². The molecule has 0 bridgehead atoms. The molecule has 2 N–H and O–H groups in total. The Balaban J connectivity index is 1.54. The number of carbonyl (C=O) groups excluding carboxylic acids is 1. The summed E-state index contributed by atoms with van der Waals surface area (Å²) in [6, 6.07) is 17.6. The van der Waals surface area contributed by atoms with Crippen LogP contribution in [0, 0.1) is 11.3 Å². The Labute approximate surface area is 169 Å². The molecule has 5 rings (SSSR count). The summed E-state index contributed by atoms with van der Waals surface area (Å²) in [6.07, 6.45) is 3.64. The van der Waals surface area contributed by atoms with E-state index in [4.69, 9.17) is 0 Å². The fraction of sp³-hybridized carbons (Fsp3) is 0.261. The van der Waals surface area contributed by atoms with Gasteiger partial charge in [0, 0.05) is 23.2 Å². The molecule has 144 valence electrons. The molecule has 2 aliphatic rings. The van der Waals surface area contributed by atoms with Gasteiger partial charge in [-0.3, -0.25) is 9.89 Å². The van der Waals surface area contributed by atoms with Crippen molar-refractivity contribution >= 4 is 11.6 Å². The SMILES string of the molecule is N#Cc1cccc(-c2[nH]ncc2C(=O)N2CC3(CCNCC3)c3ccccc32)c1. The molecule has 6 heteroatoms. The van der Waals surface area contributed by atoms with Gasteiger partial charge in [-0.2, -0.15) is 10.4 Å². The number of nitrogens with one attached hydrogen (secondary N) is 2. The molecule has 3 heterocycles. The normalized spacial score (nSPS) is 17.1. The molecule has 0 aliphatic carbocycles. The number of benzene rings is 2. The van der Waals surface area contributed by atoms with Gasteiger partial charge >= 0.3 is 0 Å². The number of aromatic nitrogens is 2. The first kappa shape index (κ1) is 17.7. The number of rotatable bonds is 2. The van der Waals surface area contributed by atoms with Crippen molar-refractivity contribution in [3.8, 4) is 17.3 Å². The van der Waals surface area contributed by atoms with Gasteiger partial charge in [-0.15, -0.1) is 0 Å². The number of piperidine rings is 1. The number of amides is 1. The van der Waals surface area contributed by atoms with Gasteiger partial charge in [0.15, 0.2) is 0 Å². The molecule has 0 atom stereocenters. The summed E-state index contributed by atoms with van der Waals surface area (Å²) < 4.78 is 0. The number of aromatic amines is 1. The second-order valence-electron chi connectivity index (χ2n) is 7.79. The molecule has 0 radical (unpaired) electrons. The largest absolute Gasteiger partial charge is 0.317 e. The second-order valence-corrected chi connectivity index (χ2v) is 7.79. The maximum absolute atomic E-state index is 13.6. The summed E-state index contributed by atoms with van der Waals surface area (Å²) in [6.45, 7) is 2.62. The average molecular weight is 383 g/mol. The van der Waals surface area contributed by atoms with Crippen molar-refractivity contribution in [2.75, 3.05) is 24.5 Å². The Morgan fingerprint density at radius 1 is 1.14 bits per heavy atom. The Morgan fingerprint density at radius 2 is 1.97 bits per heavy atom. The van der Waals surface area contributed by atoms with Gasteiger partial charge in [0.1, 0.15) is 0 Å². The van der Waals surface area contributed by atoms with E-state index in [1.807, 2.05) is 29.2 Å². The summed E-state index contributed by atoms with van der Waals surface area (Å²) in [4.78, 5) is 15.5. The molecule has 2 aliphatic heterocycles. The smallest absolute Gasteiger partial charge is 0.262 e. The molecule has 1 spiro atoms. The van der Waals surface area contributed by atoms with E-state index >= 15 is 0 Å². The number of nitrogens with zero attached hydrogens (tertiary/aromatic N) is 3. The summed E-state index contributed by atoms with van der Waals surface area (Å²) in [5.74, 6) is -0.0565. The standard InChI is InChI=1S/C23H21N5O/c24-13-16-4-3-5-17(12-16)21-18(14-26-27-21)22(29)28-15-23(8-10-25-11-9-23)19-6-1-2-7-20(19)28/h1-7,12,14,25H,8-11,15H2,(H,26,27).